The summed E-state index contributed by atoms with van der Waals surface area (Å²) in [4.78, 5) is 32.1. The van der Waals surface area contributed by atoms with Crippen molar-refractivity contribution >= 4 is 29.1 Å². The first-order valence-electron chi connectivity index (χ1n) is 10.8. The third-order valence-electron chi connectivity index (χ3n) is 6.14. The quantitative estimate of drug-likeness (QED) is 0.728. The number of likely N-dealkylation sites (tertiary alicyclic amines) is 1. The number of halogens is 1. The number of carbonyl (C=O) groups excluding carboxylic acids is 2. The molecule has 6 nitrogen and oxygen atoms in total. The fourth-order valence-electron chi connectivity index (χ4n) is 4.42. The molecule has 2 amide bonds. The molecule has 31 heavy (non-hydrogen) atoms. The van der Waals surface area contributed by atoms with Crippen LogP contribution < -0.4 is 9.64 Å². The Morgan fingerprint density at radius 3 is 2.48 bits per heavy atom. The molecule has 2 aliphatic rings. The van der Waals surface area contributed by atoms with Crippen LogP contribution in [-0.2, 0) is 4.79 Å². The molecule has 0 bridgehead atoms. The smallest absolute Gasteiger partial charge is 0.253 e. The highest BCUT2D eigenvalue weighted by Gasteiger charge is 2.33. The van der Waals surface area contributed by atoms with Gasteiger partial charge < -0.3 is 19.4 Å². The van der Waals surface area contributed by atoms with Crippen LogP contribution in [-0.4, -0.2) is 68.0 Å². The molecule has 0 aromatic heterocycles. The first-order chi connectivity index (χ1) is 15.0. The molecule has 2 aromatic carbocycles. The second-order valence-corrected chi connectivity index (χ2v) is 8.55. The van der Waals surface area contributed by atoms with Crippen molar-refractivity contribution in [2.75, 3.05) is 51.3 Å². The van der Waals surface area contributed by atoms with Gasteiger partial charge in [-0.25, -0.2) is 0 Å². The van der Waals surface area contributed by atoms with Crippen LogP contribution in [0.4, 0.5) is 5.69 Å². The Kier molecular flexibility index (Phi) is 6.66. The minimum atomic E-state index is -0.139. The number of hydrogen-bond acceptors (Lipinski definition) is 4. The third-order valence-corrected chi connectivity index (χ3v) is 6.37. The second-order valence-electron chi connectivity index (χ2n) is 8.11. The zero-order chi connectivity index (χ0) is 21.8. The van der Waals surface area contributed by atoms with Crippen LogP contribution in [0.5, 0.6) is 5.75 Å². The molecule has 7 heteroatoms. The van der Waals surface area contributed by atoms with Crippen LogP contribution in [0.25, 0.3) is 0 Å². The third kappa shape index (κ3) is 4.96. The summed E-state index contributed by atoms with van der Waals surface area (Å²) in [5.74, 6) is 0.805. The van der Waals surface area contributed by atoms with Gasteiger partial charge in [-0.3, -0.25) is 9.59 Å². The van der Waals surface area contributed by atoms with E-state index in [2.05, 4.69) is 11.0 Å². The molecular weight excluding hydrogens is 414 g/mol. The summed E-state index contributed by atoms with van der Waals surface area (Å²) in [7, 11) is 1.67. The van der Waals surface area contributed by atoms with Crippen LogP contribution in [0.15, 0.2) is 48.5 Å². The molecule has 2 saturated heterocycles. The van der Waals surface area contributed by atoms with E-state index in [1.54, 1.807) is 36.3 Å². The molecule has 1 atom stereocenters. The first-order valence-corrected chi connectivity index (χ1v) is 11.2. The van der Waals surface area contributed by atoms with Gasteiger partial charge in [0.25, 0.3) is 5.91 Å². The Balaban J connectivity index is 1.34. The van der Waals surface area contributed by atoms with Gasteiger partial charge in [0.2, 0.25) is 5.91 Å². The van der Waals surface area contributed by atoms with Crippen LogP contribution in [0.2, 0.25) is 5.02 Å². The number of rotatable bonds is 4. The van der Waals surface area contributed by atoms with Crippen molar-refractivity contribution in [3.63, 3.8) is 0 Å². The average molecular weight is 442 g/mol. The molecule has 0 N–H and O–H groups in total. The largest absolute Gasteiger partial charge is 0.497 e. The van der Waals surface area contributed by atoms with Gasteiger partial charge in [0.15, 0.2) is 0 Å². The van der Waals surface area contributed by atoms with Crippen molar-refractivity contribution in [3.8, 4) is 5.75 Å². The number of amides is 2. The van der Waals surface area contributed by atoms with Gasteiger partial charge in [0.1, 0.15) is 5.75 Å². The standard InChI is InChI=1S/C24H28ClN3O3/c1-31-22-9-3-8-21(16-22)26-11-13-27(14-12-26)24(30)19-6-4-10-28(17-19)23(29)18-5-2-7-20(25)15-18/h2-3,5,7-9,15-16,19H,4,6,10-14,17H2,1H3/t19-/m0/s1. The van der Waals surface area contributed by atoms with Crippen molar-refractivity contribution in [3.05, 3.63) is 59.1 Å². The molecule has 0 radical (unpaired) electrons. The maximum atomic E-state index is 13.2. The maximum absolute atomic E-state index is 13.2. The van der Waals surface area contributed by atoms with E-state index in [1.807, 2.05) is 23.1 Å². The van der Waals surface area contributed by atoms with Crippen molar-refractivity contribution in [2.24, 2.45) is 5.92 Å². The van der Waals surface area contributed by atoms with E-state index in [9.17, 15) is 9.59 Å². The summed E-state index contributed by atoms with van der Waals surface area (Å²) in [6.07, 6.45) is 1.67. The highest BCUT2D eigenvalue weighted by atomic mass is 35.5. The van der Waals surface area contributed by atoms with Gasteiger partial charge in [0, 0.05) is 61.6 Å². The van der Waals surface area contributed by atoms with Crippen LogP contribution in [0.1, 0.15) is 23.2 Å². The summed E-state index contributed by atoms with van der Waals surface area (Å²) in [5, 5.41) is 0.546. The molecule has 164 valence electrons. The fraction of sp³-hybridized carbons (Fsp3) is 0.417. The van der Waals surface area contributed by atoms with Crippen LogP contribution >= 0.6 is 11.6 Å². The summed E-state index contributed by atoms with van der Waals surface area (Å²) in [6.45, 7) is 4.11. The minimum absolute atomic E-state index is 0.0529. The van der Waals surface area contributed by atoms with Gasteiger partial charge in [-0.05, 0) is 43.2 Å². The van der Waals surface area contributed by atoms with Crippen molar-refractivity contribution < 1.29 is 14.3 Å². The first kappa shape index (κ1) is 21.5. The lowest BCUT2D eigenvalue weighted by Crippen LogP contribution is -2.53. The number of carbonyl (C=O) groups is 2. The summed E-state index contributed by atoms with van der Waals surface area (Å²) in [6, 6.07) is 15.0. The van der Waals surface area contributed by atoms with Gasteiger partial charge in [0.05, 0.1) is 13.0 Å². The highest BCUT2D eigenvalue weighted by Crippen LogP contribution is 2.25. The predicted molar refractivity (Wildman–Crippen MR) is 122 cm³/mol. The van der Waals surface area contributed by atoms with E-state index >= 15 is 0 Å². The zero-order valence-corrected chi connectivity index (χ0v) is 18.6. The lowest BCUT2D eigenvalue weighted by Gasteiger charge is -2.39. The van der Waals surface area contributed by atoms with Gasteiger partial charge in [-0.1, -0.05) is 23.7 Å². The molecule has 0 unspecified atom stereocenters. The summed E-state index contributed by atoms with van der Waals surface area (Å²) >= 11 is 6.04. The Morgan fingerprint density at radius 1 is 0.968 bits per heavy atom. The Hall–Kier alpha value is -2.73. The maximum Gasteiger partial charge on any atom is 0.253 e. The average Bonchev–Trinajstić information content (AvgIpc) is 2.83. The van der Waals surface area contributed by atoms with E-state index in [0.717, 1.165) is 37.4 Å². The lowest BCUT2D eigenvalue weighted by atomic mass is 9.95. The number of benzene rings is 2. The number of piperazine rings is 1. The minimum Gasteiger partial charge on any atom is -0.497 e. The number of hydrogen-bond donors (Lipinski definition) is 0. The number of nitrogens with zero attached hydrogens (tertiary/aromatic N) is 3. The van der Waals surface area contributed by atoms with Crippen molar-refractivity contribution in [1.82, 2.24) is 9.80 Å². The Labute approximate surface area is 188 Å². The topological polar surface area (TPSA) is 53.1 Å². The van der Waals surface area contributed by atoms with Crippen molar-refractivity contribution in [2.45, 2.75) is 12.8 Å². The van der Waals surface area contributed by atoms with E-state index in [0.29, 0.717) is 36.8 Å². The molecule has 2 fully saturated rings. The Morgan fingerprint density at radius 2 is 1.74 bits per heavy atom. The molecule has 2 heterocycles. The monoisotopic (exact) mass is 441 g/mol. The van der Waals surface area contributed by atoms with Crippen molar-refractivity contribution in [1.29, 1.82) is 0 Å². The normalized spacial score (nSPS) is 19.3. The number of anilines is 1. The molecular formula is C24H28ClN3O3. The van der Waals surface area contributed by atoms with Crippen LogP contribution in [0.3, 0.4) is 0 Å². The van der Waals surface area contributed by atoms with E-state index in [1.165, 1.54) is 0 Å². The number of piperidine rings is 1. The SMILES string of the molecule is COc1cccc(N2CCN(C(=O)[C@H]3CCCN(C(=O)c4cccc(Cl)c4)C3)CC2)c1. The molecule has 0 spiro atoms. The van der Waals surface area contributed by atoms with Gasteiger partial charge in [-0.15, -0.1) is 0 Å². The number of methoxy groups -OCH3 is 1. The molecule has 4 rings (SSSR count). The zero-order valence-electron chi connectivity index (χ0n) is 17.8. The number of ether oxygens (including phenoxy) is 1. The highest BCUT2D eigenvalue weighted by molar-refractivity contribution is 6.30. The van der Waals surface area contributed by atoms with E-state index in [-0.39, 0.29) is 17.7 Å². The fourth-order valence-corrected chi connectivity index (χ4v) is 4.61. The molecule has 0 aliphatic carbocycles. The molecule has 2 aromatic rings. The predicted octanol–water partition coefficient (Wildman–Crippen LogP) is 3.55. The van der Waals surface area contributed by atoms with E-state index < -0.39 is 0 Å². The van der Waals surface area contributed by atoms with E-state index in [4.69, 9.17) is 16.3 Å². The lowest BCUT2D eigenvalue weighted by molar-refractivity contribution is -0.137. The second kappa shape index (κ2) is 9.60. The van der Waals surface area contributed by atoms with Gasteiger partial charge in [-0.2, -0.15) is 0 Å². The van der Waals surface area contributed by atoms with Crippen LogP contribution in [0, 0.1) is 5.92 Å². The summed E-state index contributed by atoms with van der Waals surface area (Å²) in [5.41, 5.74) is 1.69. The molecule has 0 saturated carbocycles. The summed E-state index contributed by atoms with van der Waals surface area (Å²) < 4.78 is 5.32. The molecule has 2 aliphatic heterocycles. The van der Waals surface area contributed by atoms with Gasteiger partial charge >= 0.3 is 0 Å². The Bertz CT molecular complexity index is 943.